The third-order valence-electron chi connectivity index (χ3n) is 4.12. The predicted octanol–water partition coefficient (Wildman–Crippen LogP) is 1.67. The van der Waals surface area contributed by atoms with Gasteiger partial charge in [0.1, 0.15) is 6.04 Å². The summed E-state index contributed by atoms with van der Waals surface area (Å²) in [7, 11) is 0. The van der Waals surface area contributed by atoms with E-state index in [4.69, 9.17) is 5.73 Å². The van der Waals surface area contributed by atoms with Crippen molar-refractivity contribution >= 4 is 17.5 Å². The van der Waals surface area contributed by atoms with Crippen LogP contribution in [0.4, 0.5) is 5.69 Å². The molecule has 2 rings (SSSR count). The first-order chi connectivity index (χ1) is 10.2. The molecule has 2 unspecified atom stereocenters. The first-order valence-corrected chi connectivity index (χ1v) is 7.66. The predicted molar refractivity (Wildman–Crippen MR) is 87.4 cm³/mol. The highest BCUT2D eigenvalue weighted by Gasteiger charge is 2.40. The van der Waals surface area contributed by atoms with Gasteiger partial charge in [0.05, 0.1) is 6.04 Å². The number of hydrogen-bond acceptors (Lipinski definition) is 3. The quantitative estimate of drug-likeness (QED) is 0.892. The van der Waals surface area contributed by atoms with E-state index in [1.807, 2.05) is 58.0 Å². The lowest BCUT2D eigenvalue weighted by Gasteiger charge is -2.27. The Hall–Kier alpha value is -1.88. The average Bonchev–Trinajstić information content (AvgIpc) is 2.72. The summed E-state index contributed by atoms with van der Waals surface area (Å²) in [6, 6.07) is 8.42. The van der Waals surface area contributed by atoms with E-state index in [1.54, 1.807) is 4.90 Å². The van der Waals surface area contributed by atoms with Gasteiger partial charge in [-0.25, -0.2) is 0 Å². The lowest BCUT2D eigenvalue weighted by atomic mass is 9.87. The first-order valence-electron chi connectivity index (χ1n) is 7.66. The van der Waals surface area contributed by atoms with Crippen LogP contribution in [-0.4, -0.2) is 29.9 Å². The number of rotatable bonds is 3. The van der Waals surface area contributed by atoms with Gasteiger partial charge in [0.15, 0.2) is 0 Å². The molecule has 0 saturated carbocycles. The van der Waals surface area contributed by atoms with Crippen molar-refractivity contribution in [2.75, 3.05) is 4.90 Å². The van der Waals surface area contributed by atoms with Crippen LogP contribution in [-0.2, 0) is 9.59 Å². The summed E-state index contributed by atoms with van der Waals surface area (Å²) in [6.45, 7) is 7.71. The summed E-state index contributed by atoms with van der Waals surface area (Å²) in [5.74, 6) is -0.346. The second-order valence-electron chi connectivity index (χ2n) is 7.03. The lowest BCUT2D eigenvalue weighted by Crippen LogP contribution is -2.53. The number of anilines is 1. The number of carbonyl (C=O) groups is 2. The van der Waals surface area contributed by atoms with Crippen LogP contribution in [0.25, 0.3) is 0 Å². The van der Waals surface area contributed by atoms with E-state index < -0.39 is 12.1 Å². The smallest absolute Gasteiger partial charge is 0.249 e. The molecule has 3 atom stereocenters. The highest BCUT2D eigenvalue weighted by Crippen LogP contribution is 2.27. The summed E-state index contributed by atoms with van der Waals surface area (Å²) >= 11 is 0. The Balaban J connectivity index is 2.09. The zero-order valence-electron chi connectivity index (χ0n) is 13.7. The fraction of sp³-hybridized carbons (Fsp3) is 0.529. The number of hydrogen-bond donors (Lipinski definition) is 2. The van der Waals surface area contributed by atoms with E-state index in [2.05, 4.69) is 5.32 Å². The average molecular weight is 303 g/mol. The molecule has 2 amide bonds. The number of nitrogens with zero attached hydrogens (tertiary/aromatic N) is 1. The molecule has 1 fully saturated rings. The van der Waals surface area contributed by atoms with Gasteiger partial charge in [0.25, 0.3) is 0 Å². The molecule has 1 saturated heterocycles. The molecule has 1 aromatic rings. The van der Waals surface area contributed by atoms with E-state index in [0.29, 0.717) is 6.42 Å². The van der Waals surface area contributed by atoms with Gasteiger partial charge >= 0.3 is 0 Å². The standard InChI is InChI=1S/C17H25N3O2/c1-11-10-13(19-15(21)14(18)17(2,3)4)16(22)20(11)12-8-6-5-7-9-12/h5-9,11,13-14H,10,18H2,1-4H3,(H,19,21)/t11?,13?,14-/m1/s1. The maximum Gasteiger partial charge on any atom is 0.249 e. The van der Waals surface area contributed by atoms with Crippen molar-refractivity contribution in [2.45, 2.75) is 52.2 Å². The Kier molecular flexibility index (Phi) is 4.56. The highest BCUT2D eigenvalue weighted by atomic mass is 16.2. The molecule has 22 heavy (non-hydrogen) atoms. The van der Waals surface area contributed by atoms with Crippen LogP contribution >= 0.6 is 0 Å². The van der Waals surface area contributed by atoms with Crippen molar-refractivity contribution in [3.05, 3.63) is 30.3 Å². The van der Waals surface area contributed by atoms with E-state index in [0.717, 1.165) is 5.69 Å². The van der Waals surface area contributed by atoms with Crippen molar-refractivity contribution in [3.63, 3.8) is 0 Å². The van der Waals surface area contributed by atoms with E-state index in [1.165, 1.54) is 0 Å². The lowest BCUT2D eigenvalue weighted by molar-refractivity contribution is -0.128. The molecule has 5 heteroatoms. The van der Waals surface area contributed by atoms with Crippen molar-refractivity contribution in [1.82, 2.24) is 5.32 Å². The molecular formula is C17H25N3O2. The Bertz CT molecular complexity index is 551. The Morgan fingerprint density at radius 1 is 1.32 bits per heavy atom. The van der Waals surface area contributed by atoms with E-state index >= 15 is 0 Å². The molecule has 1 aliphatic rings. The van der Waals surface area contributed by atoms with Gasteiger partial charge in [-0.05, 0) is 30.9 Å². The number of carbonyl (C=O) groups excluding carboxylic acids is 2. The zero-order valence-corrected chi connectivity index (χ0v) is 13.7. The van der Waals surface area contributed by atoms with Crippen LogP contribution in [0.3, 0.4) is 0 Å². The third-order valence-corrected chi connectivity index (χ3v) is 4.12. The summed E-state index contributed by atoms with van der Waals surface area (Å²) < 4.78 is 0. The molecule has 0 radical (unpaired) electrons. The molecule has 1 heterocycles. The molecule has 0 spiro atoms. The van der Waals surface area contributed by atoms with E-state index in [9.17, 15) is 9.59 Å². The minimum Gasteiger partial charge on any atom is -0.343 e. The number of nitrogens with two attached hydrogens (primary N) is 1. The highest BCUT2D eigenvalue weighted by molar-refractivity contribution is 6.02. The van der Waals surface area contributed by atoms with Crippen LogP contribution in [0.1, 0.15) is 34.1 Å². The van der Waals surface area contributed by atoms with Gasteiger partial charge in [0, 0.05) is 11.7 Å². The number of benzene rings is 1. The van der Waals surface area contributed by atoms with Crippen molar-refractivity contribution in [1.29, 1.82) is 0 Å². The van der Waals surface area contributed by atoms with Gasteiger partial charge in [-0.2, -0.15) is 0 Å². The molecule has 3 N–H and O–H groups in total. The molecular weight excluding hydrogens is 278 g/mol. The minimum atomic E-state index is -0.638. The Morgan fingerprint density at radius 3 is 2.45 bits per heavy atom. The monoisotopic (exact) mass is 303 g/mol. The van der Waals surface area contributed by atoms with Crippen LogP contribution < -0.4 is 16.0 Å². The topological polar surface area (TPSA) is 75.4 Å². The molecule has 1 aliphatic heterocycles. The molecule has 1 aromatic carbocycles. The number of para-hydroxylation sites is 1. The molecule has 5 nitrogen and oxygen atoms in total. The Labute approximate surface area is 131 Å². The number of nitrogens with one attached hydrogen (secondary N) is 1. The third kappa shape index (κ3) is 3.30. The second kappa shape index (κ2) is 6.08. The van der Waals surface area contributed by atoms with E-state index in [-0.39, 0.29) is 23.3 Å². The summed E-state index contributed by atoms with van der Waals surface area (Å²) in [5, 5.41) is 2.81. The van der Waals surface area contributed by atoms with Crippen molar-refractivity contribution in [3.8, 4) is 0 Å². The van der Waals surface area contributed by atoms with Gasteiger partial charge in [-0.15, -0.1) is 0 Å². The van der Waals surface area contributed by atoms with Crippen LogP contribution in [0.2, 0.25) is 0 Å². The van der Waals surface area contributed by atoms with Crippen LogP contribution in [0.5, 0.6) is 0 Å². The Morgan fingerprint density at radius 2 is 1.91 bits per heavy atom. The van der Waals surface area contributed by atoms with Crippen molar-refractivity contribution < 1.29 is 9.59 Å². The molecule has 0 bridgehead atoms. The SMILES string of the molecule is CC1CC(NC(=O)[C@@H](N)C(C)(C)C)C(=O)N1c1ccccc1. The molecule has 0 aromatic heterocycles. The summed E-state index contributed by atoms with van der Waals surface area (Å²) in [6.07, 6.45) is 0.594. The minimum absolute atomic E-state index is 0.0473. The normalized spacial score (nSPS) is 23.5. The van der Waals surface area contributed by atoms with Gasteiger partial charge < -0.3 is 16.0 Å². The molecule has 120 valence electrons. The van der Waals surface area contributed by atoms with Crippen LogP contribution in [0, 0.1) is 5.41 Å². The second-order valence-corrected chi connectivity index (χ2v) is 7.03. The maximum atomic E-state index is 12.6. The van der Waals surface area contributed by atoms with Crippen molar-refractivity contribution in [2.24, 2.45) is 11.1 Å². The van der Waals surface area contributed by atoms with Gasteiger partial charge in [0.2, 0.25) is 11.8 Å². The van der Waals surface area contributed by atoms with Gasteiger partial charge in [-0.3, -0.25) is 9.59 Å². The molecule has 0 aliphatic carbocycles. The van der Waals surface area contributed by atoms with Crippen LogP contribution in [0.15, 0.2) is 30.3 Å². The zero-order chi connectivity index (χ0) is 16.5. The largest absolute Gasteiger partial charge is 0.343 e. The maximum absolute atomic E-state index is 12.6. The fourth-order valence-electron chi connectivity index (χ4n) is 2.68. The summed E-state index contributed by atoms with van der Waals surface area (Å²) in [4.78, 5) is 26.6. The summed E-state index contributed by atoms with van der Waals surface area (Å²) in [5.41, 5.74) is 6.48. The van der Waals surface area contributed by atoms with Gasteiger partial charge in [-0.1, -0.05) is 39.0 Å². The number of amides is 2. The first kappa shape index (κ1) is 16.5. The fourth-order valence-corrected chi connectivity index (χ4v) is 2.68.